The molecule has 0 saturated heterocycles. The highest BCUT2D eigenvalue weighted by molar-refractivity contribution is 14.1. The predicted molar refractivity (Wildman–Crippen MR) is 53.3 cm³/mol. The molecule has 0 atom stereocenters. The van der Waals surface area contributed by atoms with Gasteiger partial charge in [0, 0.05) is 0 Å². The third-order valence-corrected chi connectivity index (χ3v) is 2.44. The minimum absolute atomic E-state index is 0.0931. The van der Waals surface area contributed by atoms with Gasteiger partial charge in [0.2, 0.25) is 0 Å². The summed E-state index contributed by atoms with van der Waals surface area (Å²) in [6, 6.07) is 5.65. The lowest BCUT2D eigenvalue weighted by Gasteiger charge is -2.18. The number of hydrogen-bond donors (Lipinski definition) is 1. The van der Waals surface area contributed by atoms with Crippen LogP contribution in [0.1, 0.15) is 0 Å². The van der Waals surface area contributed by atoms with Crippen molar-refractivity contribution in [3.8, 4) is 5.75 Å². The highest BCUT2D eigenvalue weighted by Gasteiger charge is 2.17. The van der Waals surface area contributed by atoms with Gasteiger partial charge in [-0.2, -0.15) is 0 Å². The summed E-state index contributed by atoms with van der Waals surface area (Å²) in [5, 5.41) is 2.73. The Morgan fingerprint density at radius 1 is 1.50 bits per heavy atom. The number of carbonyl (C=O) groups excluding carboxylic acids is 1. The average Bonchev–Trinajstić information content (AvgIpc) is 2.04. The average molecular weight is 275 g/mol. The van der Waals surface area contributed by atoms with Gasteiger partial charge in [-0.1, -0.05) is 6.07 Å². The molecular weight excluding hydrogens is 269 g/mol. The van der Waals surface area contributed by atoms with Crippen LogP contribution in [-0.2, 0) is 4.79 Å². The van der Waals surface area contributed by atoms with Crippen LogP contribution in [0.25, 0.3) is 0 Å². The van der Waals surface area contributed by atoms with Crippen LogP contribution in [0.4, 0.5) is 5.69 Å². The van der Waals surface area contributed by atoms with E-state index in [1.165, 1.54) is 0 Å². The molecule has 2 rings (SSSR count). The number of para-hydroxylation sites is 1. The molecule has 1 aromatic rings. The number of hydrogen-bond acceptors (Lipinski definition) is 2. The van der Waals surface area contributed by atoms with Gasteiger partial charge in [-0.3, -0.25) is 4.79 Å². The Labute approximate surface area is 83.2 Å². The highest BCUT2D eigenvalue weighted by atomic mass is 127. The first-order chi connectivity index (χ1) is 5.77. The largest absolute Gasteiger partial charge is 0.480 e. The third-order valence-electron chi connectivity index (χ3n) is 1.59. The first-order valence-corrected chi connectivity index (χ1v) is 4.56. The van der Waals surface area contributed by atoms with Gasteiger partial charge >= 0.3 is 0 Å². The zero-order valence-corrected chi connectivity index (χ0v) is 8.29. The van der Waals surface area contributed by atoms with E-state index in [2.05, 4.69) is 27.9 Å². The minimum atomic E-state index is -0.0931. The van der Waals surface area contributed by atoms with Gasteiger partial charge in [-0.25, -0.2) is 0 Å². The van der Waals surface area contributed by atoms with Crippen molar-refractivity contribution in [3.63, 3.8) is 0 Å². The number of amides is 1. The monoisotopic (exact) mass is 275 g/mol. The Kier molecular flexibility index (Phi) is 1.92. The summed E-state index contributed by atoms with van der Waals surface area (Å²) in [5.41, 5.74) is 0.762. The topological polar surface area (TPSA) is 38.3 Å². The molecule has 12 heavy (non-hydrogen) atoms. The van der Waals surface area contributed by atoms with Gasteiger partial charge in [0.1, 0.15) is 0 Å². The number of fused-ring (bicyclic) bond motifs is 1. The van der Waals surface area contributed by atoms with E-state index < -0.39 is 0 Å². The predicted octanol–water partition coefficient (Wildman–Crippen LogP) is 1.62. The Morgan fingerprint density at radius 2 is 2.33 bits per heavy atom. The Balaban J connectivity index is 2.48. The zero-order valence-electron chi connectivity index (χ0n) is 6.13. The second-order valence-corrected chi connectivity index (χ2v) is 3.62. The molecule has 1 amide bonds. The molecule has 0 aromatic heterocycles. The quantitative estimate of drug-likeness (QED) is 0.731. The summed E-state index contributed by atoms with van der Waals surface area (Å²) in [5.74, 6) is 0.683. The Bertz CT molecular complexity index is 338. The van der Waals surface area contributed by atoms with Crippen molar-refractivity contribution in [3.05, 3.63) is 21.8 Å². The molecule has 0 bridgehead atoms. The van der Waals surface area contributed by atoms with Crippen LogP contribution in [-0.4, -0.2) is 12.5 Å². The maximum Gasteiger partial charge on any atom is 0.262 e. The van der Waals surface area contributed by atoms with Crippen molar-refractivity contribution >= 4 is 34.2 Å². The van der Waals surface area contributed by atoms with E-state index in [4.69, 9.17) is 4.74 Å². The van der Waals surface area contributed by atoms with Crippen LogP contribution in [0.15, 0.2) is 18.2 Å². The first-order valence-electron chi connectivity index (χ1n) is 3.48. The third kappa shape index (κ3) is 1.26. The molecule has 1 aromatic carbocycles. The fourth-order valence-electron chi connectivity index (χ4n) is 1.08. The molecule has 4 heteroatoms. The molecule has 1 aliphatic heterocycles. The molecule has 0 aliphatic carbocycles. The number of rotatable bonds is 0. The molecule has 3 nitrogen and oxygen atoms in total. The van der Waals surface area contributed by atoms with Crippen LogP contribution in [0.3, 0.4) is 0 Å². The summed E-state index contributed by atoms with van der Waals surface area (Å²) in [6.45, 7) is 0.118. The molecule has 0 fully saturated rings. The molecular formula is C8H6INO2. The summed E-state index contributed by atoms with van der Waals surface area (Å²) in [7, 11) is 0. The molecule has 0 unspecified atom stereocenters. The summed E-state index contributed by atoms with van der Waals surface area (Å²) in [6.07, 6.45) is 0. The van der Waals surface area contributed by atoms with E-state index in [0.717, 1.165) is 15.0 Å². The van der Waals surface area contributed by atoms with E-state index >= 15 is 0 Å². The molecule has 1 N–H and O–H groups in total. The van der Waals surface area contributed by atoms with Crippen molar-refractivity contribution in [1.82, 2.24) is 0 Å². The van der Waals surface area contributed by atoms with Crippen molar-refractivity contribution in [1.29, 1.82) is 0 Å². The second kappa shape index (κ2) is 2.93. The van der Waals surface area contributed by atoms with Crippen LogP contribution in [0, 0.1) is 3.57 Å². The maximum absolute atomic E-state index is 10.9. The highest BCUT2D eigenvalue weighted by Crippen LogP contribution is 2.31. The number of benzene rings is 1. The van der Waals surface area contributed by atoms with Crippen molar-refractivity contribution < 1.29 is 9.53 Å². The van der Waals surface area contributed by atoms with Crippen LogP contribution < -0.4 is 10.1 Å². The van der Waals surface area contributed by atoms with E-state index in [1.807, 2.05) is 18.2 Å². The van der Waals surface area contributed by atoms with E-state index in [-0.39, 0.29) is 12.5 Å². The van der Waals surface area contributed by atoms with Crippen LogP contribution in [0.5, 0.6) is 5.75 Å². The normalized spacial score (nSPS) is 14.6. The lowest BCUT2D eigenvalue weighted by molar-refractivity contribution is -0.118. The van der Waals surface area contributed by atoms with Crippen molar-refractivity contribution in [2.75, 3.05) is 11.9 Å². The zero-order chi connectivity index (χ0) is 8.55. The van der Waals surface area contributed by atoms with Gasteiger partial charge in [0.05, 0.1) is 9.26 Å². The lowest BCUT2D eigenvalue weighted by atomic mass is 10.2. The van der Waals surface area contributed by atoms with Gasteiger partial charge in [0.15, 0.2) is 12.4 Å². The molecule has 1 heterocycles. The van der Waals surface area contributed by atoms with Crippen molar-refractivity contribution in [2.45, 2.75) is 0 Å². The fourth-order valence-corrected chi connectivity index (χ4v) is 1.73. The Morgan fingerprint density at radius 3 is 3.17 bits per heavy atom. The maximum atomic E-state index is 10.9. The number of anilines is 1. The standard InChI is InChI=1S/C8H6INO2/c9-5-2-1-3-6-8(5)12-4-7(11)10-6/h1-3H,4H2,(H,10,11). The summed E-state index contributed by atoms with van der Waals surface area (Å²) in [4.78, 5) is 10.9. The second-order valence-electron chi connectivity index (χ2n) is 2.45. The Hall–Kier alpha value is -0.780. The number of halogens is 1. The minimum Gasteiger partial charge on any atom is -0.480 e. The van der Waals surface area contributed by atoms with Crippen LogP contribution >= 0.6 is 22.6 Å². The SMILES string of the molecule is O=C1COc2c(I)cccc2N1. The van der Waals surface area contributed by atoms with E-state index in [1.54, 1.807) is 0 Å². The van der Waals surface area contributed by atoms with E-state index in [9.17, 15) is 4.79 Å². The van der Waals surface area contributed by atoms with Gasteiger partial charge in [-0.15, -0.1) is 0 Å². The molecule has 1 aliphatic rings. The summed E-state index contributed by atoms with van der Waals surface area (Å²) < 4.78 is 6.27. The molecule has 0 spiro atoms. The first kappa shape index (κ1) is 7.85. The van der Waals surface area contributed by atoms with Gasteiger partial charge in [0.25, 0.3) is 5.91 Å². The van der Waals surface area contributed by atoms with Gasteiger partial charge in [-0.05, 0) is 34.7 Å². The molecule has 62 valence electrons. The van der Waals surface area contributed by atoms with Crippen LogP contribution in [0.2, 0.25) is 0 Å². The van der Waals surface area contributed by atoms with Crippen molar-refractivity contribution in [2.24, 2.45) is 0 Å². The fraction of sp³-hybridized carbons (Fsp3) is 0.125. The molecule has 0 radical (unpaired) electrons. The number of ether oxygens (including phenoxy) is 1. The smallest absolute Gasteiger partial charge is 0.262 e. The lowest BCUT2D eigenvalue weighted by Crippen LogP contribution is -2.25. The molecule has 0 saturated carbocycles. The van der Waals surface area contributed by atoms with Gasteiger partial charge < -0.3 is 10.1 Å². The summed E-state index contributed by atoms with van der Waals surface area (Å²) >= 11 is 2.17. The number of nitrogens with one attached hydrogen (secondary N) is 1. The van der Waals surface area contributed by atoms with E-state index in [0.29, 0.717) is 0 Å². The number of carbonyl (C=O) groups is 1.